The lowest BCUT2D eigenvalue weighted by Crippen LogP contribution is -2.39. The fourth-order valence-corrected chi connectivity index (χ4v) is 3.15. The van der Waals surface area contributed by atoms with E-state index >= 15 is 0 Å². The lowest BCUT2D eigenvalue weighted by atomic mass is 10.2. The Balaban J connectivity index is 1.82. The van der Waals surface area contributed by atoms with Gasteiger partial charge in [-0.1, -0.05) is 11.8 Å². The van der Waals surface area contributed by atoms with Crippen LogP contribution in [0.2, 0.25) is 0 Å². The normalized spacial score (nSPS) is 10.7. The Morgan fingerprint density at radius 3 is 2.50 bits per heavy atom. The number of thioether (sulfide) groups is 1. The quantitative estimate of drug-likeness (QED) is 0.277. The first-order valence-corrected chi connectivity index (χ1v) is 8.68. The number of carbonyl (C=O) groups is 1. The minimum atomic E-state index is -0.784. The molecule has 134 valence electrons. The highest BCUT2D eigenvalue weighted by atomic mass is 32.2. The van der Waals surface area contributed by atoms with Gasteiger partial charge in [0.1, 0.15) is 5.75 Å². The molecule has 0 amide bonds. The van der Waals surface area contributed by atoms with Gasteiger partial charge in [0, 0.05) is 23.5 Å². The number of aryl methyl sites for hydroxylation is 2. The van der Waals surface area contributed by atoms with Crippen LogP contribution >= 0.6 is 11.8 Å². The highest BCUT2D eigenvalue weighted by Crippen LogP contribution is 2.19. The number of rotatable bonds is 6. The Morgan fingerprint density at radius 2 is 1.88 bits per heavy atom. The summed E-state index contributed by atoms with van der Waals surface area (Å²) in [4.78, 5) is 21.1. The Hall–Kier alpha value is -2.94. The van der Waals surface area contributed by atoms with Gasteiger partial charge < -0.3 is 14.4 Å². The minimum absolute atomic E-state index is 0.00446. The first-order chi connectivity index (χ1) is 12.5. The Labute approximate surface area is 153 Å². The molecule has 0 aliphatic rings. The van der Waals surface area contributed by atoms with Crippen LogP contribution in [0.15, 0.2) is 40.0 Å². The van der Waals surface area contributed by atoms with E-state index in [1.807, 2.05) is 19.9 Å². The van der Waals surface area contributed by atoms with Crippen LogP contribution < -0.4 is 14.5 Å². The minimum Gasteiger partial charge on any atom is -0.539 e. The number of Topliss-reactive ketones (excluding diaryl/α,β-unsaturated/α-hetero) is 1. The summed E-state index contributed by atoms with van der Waals surface area (Å²) < 4.78 is 11.0. The van der Waals surface area contributed by atoms with Crippen molar-refractivity contribution in [3.8, 4) is 17.4 Å². The van der Waals surface area contributed by atoms with Crippen molar-refractivity contribution in [1.82, 2.24) is 15.2 Å². The maximum atomic E-state index is 12.6. The lowest BCUT2D eigenvalue weighted by Gasteiger charge is -2.02. The number of hydrogen-bond acceptors (Lipinski definition) is 8. The van der Waals surface area contributed by atoms with Crippen LogP contribution in [0.25, 0.3) is 5.69 Å². The topological polar surface area (TPSA) is 105 Å². The number of aromatic nitrogens is 4. The molecule has 0 aliphatic carbocycles. The molecule has 26 heavy (non-hydrogen) atoms. The van der Waals surface area contributed by atoms with Gasteiger partial charge >= 0.3 is 5.69 Å². The molecule has 0 saturated heterocycles. The molecule has 0 unspecified atom stereocenters. The summed E-state index contributed by atoms with van der Waals surface area (Å²) in [6, 6.07) is 8.61. The third-order valence-electron chi connectivity index (χ3n) is 3.49. The third-order valence-corrected chi connectivity index (χ3v) is 4.33. The molecular weight excluding hydrogens is 356 g/mol. The average Bonchev–Trinajstić information content (AvgIpc) is 3.00. The van der Waals surface area contributed by atoms with E-state index in [1.165, 1.54) is 4.68 Å². The second-order valence-electron chi connectivity index (χ2n) is 5.46. The second-order valence-corrected chi connectivity index (χ2v) is 6.41. The van der Waals surface area contributed by atoms with Crippen LogP contribution in [0, 0.1) is 13.8 Å². The summed E-state index contributed by atoms with van der Waals surface area (Å²) in [6.07, 6.45) is 0. The average molecular weight is 372 g/mol. The molecule has 0 saturated carbocycles. The second kappa shape index (κ2) is 7.52. The highest BCUT2D eigenvalue weighted by molar-refractivity contribution is 7.99. The SMILES string of the molecule is COc1ccc(-[n+]2noc([O-])c2C(=O)CSc2nc(C)cc(C)n2)cc1. The Bertz CT molecular complexity index is 920. The summed E-state index contributed by atoms with van der Waals surface area (Å²) in [7, 11) is 1.55. The number of carbonyl (C=O) groups excluding carboxylic acids is 1. The summed E-state index contributed by atoms with van der Waals surface area (Å²) in [6.45, 7) is 3.71. The van der Waals surface area contributed by atoms with Crippen LogP contribution in [-0.4, -0.2) is 33.9 Å². The molecular formula is C17H16N4O4S. The van der Waals surface area contributed by atoms with Gasteiger partial charge in [-0.15, -0.1) is 0 Å². The summed E-state index contributed by atoms with van der Waals surface area (Å²) in [5.41, 5.74) is 2.00. The van der Waals surface area contributed by atoms with Gasteiger partial charge in [0.05, 0.1) is 18.1 Å². The fraction of sp³-hybridized carbons (Fsp3) is 0.235. The first-order valence-electron chi connectivity index (χ1n) is 7.69. The van der Waals surface area contributed by atoms with Gasteiger partial charge in [-0.05, 0) is 36.7 Å². The number of methoxy groups -OCH3 is 1. The van der Waals surface area contributed by atoms with Gasteiger partial charge in [0.15, 0.2) is 11.1 Å². The fourth-order valence-electron chi connectivity index (χ4n) is 2.34. The maximum absolute atomic E-state index is 12.6. The molecule has 8 nitrogen and oxygen atoms in total. The third kappa shape index (κ3) is 3.83. The van der Waals surface area contributed by atoms with E-state index in [1.54, 1.807) is 31.4 Å². The molecule has 2 heterocycles. The molecule has 3 aromatic rings. The van der Waals surface area contributed by atoms with E-state index in [0.29, 0.717) is 16.6 Å². The smallest absolute Gasteiger partial charge is 0.307 e. The van der Waals surface area contributed by atoms with Crippen molar-refractivity contribution in [1.29, 1.82) is 0 Å². The Kier molecular flexibility index (Phi) is 5.17. The van der Waals surface area contributed by atoms with E-state index in [9.17, 15) is 9.90 Å². The van der Waals surface area contributed by atoms with Crippen LogP contribution in [-0.2, 0) is 0 Å². The van der Waals surface area contributed by atoms with Crippen molar-refractivity contribution in [3.05, 3.63) is 47.4 Å². The molecule has 2 aromatic heterocycles. The van der Waals surface area contributed by atoms with Gasteiger partial charge in [-0.25, -0.2) is 9.97 Å². The monoisotopic (exact) mass is 372 g/mol. The summed E-state index contributed by atoms with van der Waals surface area (Å²) in [5.74, 6) is -0.557. The summed E-state index contributed by atoms with van der Waals surface area (Å²) >= 11 is 1.16. The molecule has 0 N–H and O–H groups in total. The lowest BCUT2D eigenvalue weighted by molar-refractivity contribution is -0.672. The molecule has 0 aliphatic heterocycles. The van der Waals surface area contributed by atoms with E-state index in [4.69, 9.17) is 4.74 Å². The highest BCUT2D eigenvalue weighted by Gasteiger charge is 2.27. The predicted octanol–water partition coefficient (Wildman–Crippen LogP) is 1.42. The van der Waals surface area contributed by atoms with E-state index in [0.717, 1.165) is 23.1 Å². The van der Waals surface area contributed by atoms with Crippen LogP contribution in [0.4, 0.5) is 0 Å². The van der Waals surface area contributed by atoms with Crippen molar-refractivity contribution >= 4 is 17.5 Å². The molecule has 0 bridgehead atoms. The maximum Gasteiger partial charge on any atom is 0.307 e. The van der Waals surface area contributed by atoms with E-state index < -0.39 is 11.7 Å². The molecule has 1 aromatic carbocycles. The number of ether oxygens (including phenoxy) is 1. The van der Waals surface area contributed by atoms with E-state index in [-0.39, 0.29) is 11.4 Å². The molecule has 0 fully saturated rings. The molecule has 3 rings (SSSR count). The van der Waals surface area contributed by atoms with E-state index in [2.05, 4.69) is 19.8 Å². The molecule has 0 radical (unpaired) electrons. The van der Waals surface area contributed by atoms with Crippen molar-refractivity contribution in [2.45, 2.75) is 19.0 Å². The van der Waals surface area contributed by atoms with Gasteiger partial charge in [0.2, 0.25) is 11.5 Å². The Morgan fingerprint density at radius 1 is 1.23 bits per heavy atom. The molecule has 0 spiro atoms. The van der Waals surface area contributed by atoms with Crippen LogP contribution in [0.1, 0.15) is 21.9 Å². The zero-order valence-electron chi connectivity index (χ0n) is 14.4. The van der Waals surface area contributed by atoms with Crippen LogP contribution in [0.3, 0.4) is 0 Å². The predicted molar refractivity (Wildman–Crippen MR) is 90.6 cm³/mol. The number of nitrogens with zero attached hydrogens (tertiary/aromatic N) is 4. The van der Waals surface area contributed by atoms with Gasteiger partial charge in [-0.2, -0.15) is 0 Å². The zero-order chi connectivity index (χ0) is 18.7. The zero-order valence-corrected chi connectivity index (χ0v) is 15.2. The van der Waals surface area contributed by atoms with Crippen molar-refractivity contribution in [2.24, 2.45) is 0 Å². The summed E-state index contributed by atoms with van der Waals surface area (Å²) in [5, 5.41) is 16.1. The number of benzene rings is 1. The standard InChI is InChI=1S/C17H16N4O4S/c1-10-8-11(2)19-17(18-10)26-9-14(22)15-16(23)25-20-21(15)12-4-6-13(24-3)7-5-12/h4-8H,9H2,1-3H3. The number of ketones is 1. The largest absolute Gasteiger partial charge is 0.539 e. The molecule has 0 atom stereocenters. The van der Waals surface area contributed by atoms with Crippen molar-refractivity contribution < 1.29 is 23.8 Å². The van der Waals surface area contributed by atoms with Crippen molar-refractivity contribution in [2.75, 3.05) is 12.9 Å². The van der Waals surface area contributed by atoms with Crippen LogP contribution in [0.5, 0.6) is 11.7 Å². The van der Waals surface area contributed by atoms with Gasteiger partial charge in [0.25, 0.3) is 0 Å². The number of hydrogen-bond donors (Lipinski definition) is 0. The molecule has 9 heteroatoms. The van der Waals surface area contributed by atoms with Crippen molar-refractivity contribution in [3.63, 3.8) is 0 Å². The van der Waals surface area contributed by atoms with Gasteiger partial charge in [-0.3, -0.25) is 4.79 Å². The first kappa shape index (κ1) is 17.9.